The van der Waals surface area contributed by atoms with Crippen LogP contribution in [-0.4, -0.2) is 24.5 Å². The number of halogens is 1. The van der Waals surface area contributed by atoms with Crippen molar-refractivity contribution >= 4 is 0 Å². The Labute approximate surface area is 115 Å². The molecule has 0 aliphatic heterocycles. The Morgan fingerprint density at radius 2 is 1.68 bits per heavy atom. The van der Waals surface area contributed by atoms with E-state index in [0.717, 1.165) is 12.8 Å². The van der Waals surface area contributed by atoms with Gasteiger partial charge < -0.3 is 10.6 Å². The Kier molecular flexibility index (Phi) is 4.58. The van der Waals surface area contributed by atoms with Crippen molar-refractivity contribution in [3.05, 3.63) is 35.6 Å². The summed E-state index contributed by atoms with van der Waals surface area (Å²) >= 11 is 0. The molecule has 0 heterocycles. The van der Waals surface area contributed by atoms with Gasteiger partial charge >= 0.3 is 0 Å². The maximum Gasteiger partial charge on any atom is 0.128 e. The van der Waals surface area contributed by atoms with Crippen molar-refractivity contribution in [3.63, 3.8) is 0 Å². The van der Waals surface area contributed by atoms with Crippen LogP contribution in [0.25, 0.3) is 0 Å². The third-order valence-electron chi connectivity index (χ3n) is 4.68. The average Bonchev–Trinajstić information content (AvgIpc) is 2.65. The molecule has 19 heavy (non-hydrogen) atoms. The van der Waals surface area contributed by atoms with E-state index in [2.05, 4.69) is 19.0 Å². The first-order chi connectivity index (χ1) is 9.08. The number of rotatable bonds is 3. The first kappa shape index (κ1) is 14.5. The molecule has 2 N–H and O–H groups in total. The Morgan fingerprint density at radius 3 is 2.21 bits per heavy atom. The zero-order valence-corrected chi connectivity index (χ0v) is 12.0. The molecule has 1 aliphatic rings. The van der Waals surface area contributed by atoms with Gasteiger partial charge in [0.25, 0.3) is 0 Å². The number of hydrogen-bond donors (Lipinski definition) is 1. The minimum absolute atomic E-state index is 0.112. The molecular formula is C16H25FN2. The van der Waals surface area contributed by atoms with Crippen molar-refractivity contribution in [2.45, 2.75) is 50.1 Å². The fourth-order valence-corrected chi connectivity index (χ4v) is 3.39. The lowest BCUT2D eigenvalue weighted by molar-refractivity contribution is 0.0954. The van der Waals surface area contributed by atoms with E-state index in [1.165, 1.54) is 31.7 Å². The lowest BCUT2D eigenvalue weighted by atomic mass is 9.78. The van der Waals surface area contributed by atoms with E-state index in [4.69, 9.17) is 5.73 Å². The van der Waals surface area contributed by atoms with Crippen molar-refractivity contribution in [1.82, 2.24) is 4.90 Å². The molecule has 2 nitrogen and oxygen atoms in total. The summed E-state index contributed by atoms with van der Waals surface area (Å²) in [6.07, 6.45) is 6.99. The van der Waals surface area contributed by atoms with Crippen LogP contribution in [0.3, 0.4) is 0 Å². The summed E-state index contributed by atoms with van der Waals surface area (Å²) in [7, 11) is 4.15. The van der Waals surface area contributed by atoms with Crippen LogP contribution < -0.4 is 5.73 Å². The fourth-order valence-electron chi connectivity index (χ4n) is 3.39. The lowest BCUT2D eigenvalue weighted by Gasteiger charge is -2.44. The molecule has 0 radical (unpaired) electrons. The van der Waals surface area contributed by atoms with Gasteiger partial charge in [-0.3, -0.25) is 0 Å². The minimum Gasteiger partial charge on any atom is -0.322 e. The monoisotopic (exact) mass is 264 g/mol. The summed E-state index contributed by atoms with van der Waals surface area (Å²) in [6, 6.07) is 6.67. The molecule has 106 valence electrons. The highest BCUT2D eigenvalue weighted by atomic mass is 19.1. The van der Waals surface area contributed by atoms with Gasteiger partial charge in [0.05, 0.1) is 6.04 Å². The molecule has 1 saturated carbocycles. The van der Waals surface area contributed by atoms with Crippen LogP contribution in [0, 0.1) is 5.82 Å². The third kappa shape index (κ3) is 2.82. The molecule has 1 aromatic rings. The largest absolute Gasteiger partial charge is 0.322 e. The summed E-state index contributed by atoms with van der Waals surface area (Å²) in [5.41, 5.74) is 7.03. The molecule has 1 unspecified atom stereocenters. The van der Waals surface area contributed by atoms with Crippen LogP contribution in [0.4, 0.5) is 4.39 Å². The number of likely N-dealkylation sites (N-methyl/N-ethyl adjacent to an activating group) is 1. The Hall–Kier alpha value is -0.930. The van der Waals surface area contributed by atoms with E-state index >= 15 is 0 Å². The number of hydrogen-bond acceptors (Lipinski definition) is 2. The summed E-state index contributed by atoms with van der Waals surface area (Å²) in [5.74, 6) is -0.180. The van der Waals surface area contributed by atoms with Gasteiger partial charge in [-0.1, -0.05) is 43.9 Å². The molecule has 0 spiro atoms. The lowest BCUT2D eigenvalue weighted by Crippen LogP contribution is -2.52. The molecular weight excluding hydrogens is 239 g/mol. The highest BCUT2D eigenvalue weighted by molar-refractivity contribution is 5.25. The third-order valence-corrected chi connectivity index (χ3v) is 4.68. The van der Waals surface area contributed by atoms with E-state index in [0.29, 0.717) is 5.56 Å². The summed E-state index contributed by atoms with van der Waals surface area (Å²) < 4.78 is 14.0. The molecule has 0 aromatic heterocycles. The van der Waals surface area contributed by atoms with Gasteiger partial charge in [0, 0.05) is 11.1 Å². The second kappa shape index (κ2) is 6.02. The second-order valence-corrected chi connectivity index (χ2v) is 5.91. The van der Waals surface area contributed by atoms with Gasteiger partial charge in [0.15, 0.2) is 0 Å². The van der Waals surface area contributed by atoms with Crippen LogP contribution in [0.1, 0.15) is 50.1 Å². The highest BCUT2D eigenvalue weighted by Crippen LogP contribution is 2.40. The van der Waals surface area contributed by atoms with E-state index in [1.807, 2.05) is 12.1 Å². The second-order valence-electron chi connectivity index (χ2n) is 5.91. The predicted octanol–water partition coefficient (Wildman–Crippen LogP) is 3.48. The Bertz CT molecular complexity index is 409. The summed E-state index contributed by atoms with van der Waals surface area (Å²) in [4.78, 5) is 2.22. The maximum atomic E-state index is 14.0. The highest BCUT2D eigenvalue weighted by Gasteiger charge is 2.40. The zero-order chi connectivity index (χ0) is 13.9. The Balaban J connectivity index is 2.35. The maximum absolute atomic E-state index is 14.0. The molecule has 0 amide bonds. The van der Waals surface area contributed by atoms with Crippen LogP contribution >= 0.6 is 0 Å². The van der Waals surface area contributed by atoms with Gasteiger partial charge in [0.2, 0.25) is 0 Å². The molecule has 1 fully saturated rings. The van der Waals surface area contributed by atoms with Gasteiger partial charge in [-0.2, -0.15) is 0 Å². The summed E-state index contributed by atoms with van der Waals surface area (Å²) in [6.45, 7) is 0. The van der Waals surface area contributed by atoms with E-state index in [9.17, 15) is 4.39 Å². The molecule has 0 saturated heterocycles. The molecule has 3 heteroatoms. The molecule has 1 atom stereocenters. The van der Waals surface area contributed by atoms with Gasteiger partial charge in [-0.15, -0.1) is 0 Å². The van der Waals surface area contributed by atoms with E-state index < -0.39 is 0 Å². The van der Waals surface area contributed by atoms with Crippen molar-refractivity contribution in [3.8, 4) is 0 Å². The summed E-state index contributed by atoms with van der Waals surface area (Å²) in [5, 5.41) is 0. The van der Waals surface area contributed by atoms with Crippen LogP contribution in [0.2, 0.25) is 0 Å². The first-order valence-electron chi connectivity index (χ1n) is 7.25. The van der Waals surface area contributed by atoms with Crippen molar-refractivity contribution < 1.29 is 4.39 Å². The molecule has 2 rings (SSSR count). The predicted molar refractivity (Wildman–Crippen MR) is 77.4 cm³/mol. The normalized spacial score (nSPS) is 21.1. The van der Waals surface area contributed by atoms with Gasteiger partial charge in [0.1, 0.15) is 5.82 Å². The van der Waals surface area contributed by atoms with Crippen molar-refractivity contribution in [1.29, 1.82) is 0 Å². The smallest absolute Gasteiger partial charge is 0.128 e. The van der Waals surface area contributed by atoms with Crippen LogP contribution in [0.5, 0.6) is 0 Å². The molecule has 0 bridgehead atoms. The van der Waals surface area contributed by atoms with E-state index in [-0.39, 0.29) is 17.4 Å². The first-order valence-corrected chi connectivity index (χ1v) is 7.25. The van der Waals surface area contributed by atoms with Gasteiger partial charge in [-0.05, 0) is 33.0 Å². The van der Waals surface area contributed by atoms with Crippen LogP contribution in [0.15, 0.2) is 24.3 Å². The van der Waals surface area contributed by atoms with Crippen molar-refractivity contribution in [2.75, 3.05) is 14.1 Å². The minimum atomic E-state index is -0.262. The average molecular weight is 264 g/mol. The molecule has 1 aliphatic carbocycles. The Morgan fingerprint density at radius 1 is 1.11 bits per heavy atom. The van der Waals surface area contributed by atoms with Gasteiger partial charge in [-0.25, -0.2) is 4.39 Å². The molecule has 1 aromatic carbocycles. The zero-order valence-electron chi connectivity index (χ0n) is 12.0. The number of nitrogens with zero attached hydrogens (tertiary/aromatic N) is 1. The fraction of sp³-hybridized carbons (Fsp3) is 0.625. The van der Waals surface area contributed by atoms with E-state index in [1.54, 1.807) is 6.07 Å². The topological polar surface area (TPSA) is 29.3 Å². The van der Waals surface area contributed by atoms with Crippen molar-refractivity contribution in [2.24, 2.45) is 5.73 Å². The standard InChI is InChI=1S/C16H25FN2/c1-19(2)16(11-7-3-4-8-12-16)15(18)13-9-5-6-10-14(13)17/h5-6,9-10,15H,3-4,7-8,11-12,18H2,1-2H3. The SMILES string of the molecule is CN(C)C1(C(N)c2ccccc2F)CCCCCC1. The number of benzene rings is 1. The number of nitrogens with two attached hydrogens (primary N) is 1. The van der Waals surface area contributed by atoms with Crippen LogP contribution in [-0.2, 0) is 0 Å². The quantitative estimate of drug-likeness (QED) is 0.847.